The molecule has 22 heavy (non-hydrogen) atoms. The minimum Gasteiger partial charge on any atom is -0.403 e. The number of rotatable bonds is 3. The van der Waals surface area contributed by atoms with Gasteiger partial charge in [0.15, 0.2) is 0 Å². The molecule has 0 amide bonds. The van der Waals surface area contributed by atoms with Gasteiger partial charge in [-0.05, 0) is 55.1 Å². The van der Waals surface area contributed by atoms with Gasteiger partial charge in [-0.25, -0.2) is 0 Å². The normalized spacial score (nSPS) is 38.5. The average Bonchev–Trinajstić information content (AvgIpc) is 2.81. The lowest BCUT2D eigenvalue weighted by atomic mass is 9.41. The maximum Gasteiger partial charge on any atom is 0.462 e. The van der Waals surface area contributed by atoms with Crippen LogP contribution in [0, 0.1) is 11.3 Å². The highest BCUT2D eigenvalue weighted by atomic mass is 16.7. The second kappa shape index (κ2) is 4.61. The second-order valence-corrected chi connectivity index (χ2v) is 8.26. The van der Waals surface area contributed by atoms with Crippen LogP contribution < -0.4 is 0 Å². The Labute approximate surface area is 134 Å². The predicted molar refractivity (Wildman–Crippen MR) is 89.7 cm³/mol. The Bertz CT molecular complexity index is 599. The van der Waals surface area contributed by atoms with Crippen molar-refractivity contribution in [3.05, 3.63) is 35.4 Å². The molecule has 3 aliphatic carbocycles. The van der Waals surface area contributed by atoms with Gasteiger partial charge >= 0.3 is 7.12 Å². The van der Waals surface area contributed by atoms with Gasteiger partial charge < -0.3 is 9.31 Å². The molecule has 3 atom stereocenters. The predicted octanol–water partition coefficient (Wildman–Crippen LogP) is 4.20. The summed E-state index contributed by atoms with van der Waals surface area (Å²) >= 11 is 0. The van der Waals surface area contributed by atoms with E-state index in [0.29, 0.717) is 0 Å². The van der Waals surface area contributed by atoms with E-state index in [2.05, 4.69) is 52.0 Å². The Morgan fingerprint density at radius 3 is 2.64 bits per heavy atom. The topological polar surface area (TPSA) is 18.5 Å². The maximum absolute atomic E-state index is 6.59. The molecule has 2 nitrogen and oxygen atoms in total. The summed E-state index contributed by atoms with van der Waals surface area (Å²) < 4.78 is 13.1. The molecule has 1 heterocycles. The molecule has 1 saturated heterocycles. The van der Waals surface area contributed by atoms with Crippen LogP contribution in [0.4, 0.5) is 0 Å². The molecule has 3 unspecified atom stereocenters. The number of fused-ring (bicyclic) bond motifs is 1. The van der Waals surface area contributed by atoms with E-state index in [4.69, 9.17) is 9.31 Å². The highest BCUT2D eigenvalue weighted by Crippen LogP contribution is 2.70. The van der Waals surface area contributed by atoms with E-state index < -0.39 is 0 Å². The lowest BCUT2D eigenvalue weighted by Crippen LogP contribution is -2.73. The van der Waals surface area contributed by atoms with E-state index >= 15 is 0 Å². The first-order chi connectivity index (χ1) is 10.4. The standard InChI is InChI=1S/C19H27BO2/c1-5-14-7-6-8-15(11-14)13-20-21-18(4)10-9-16-12-19(18,22-20)17(16,2)3/h6-8,11,16H,5,9-10,12-13H2,1-4H3. The molecule has 1 spiro atoms. The van der Waals surface area contributed by atoms with Gasteiger partial charge in [0.1, 0.15) is 0 Å². The summed E-state index contributed by atoms with van der Waals surface area (Å²) in [6.07, 6.45) is 5.56. The van der Waals surface area contributed by atoms with E-state index in [0.717, 1.165) is 25.1 Å². The zero-order valence-corrected chi connectivity index (χ0v) is 14.3. The van der Waals surface area contributed by atoms with Crippen LogP contribution in [0.3, 0.4) is 0 Å². The van der Waals surface area contributed by atoms with Crippen LogP contribution in [0.1, 0.15) is 58.1 Å². The second-order valence-electron chi connectivity index (χ2n) is 8.26. The maximum atomic E-state index is 6.59. The van der Waals surface area contributed by atoms with E-state index in [-0.39, 0.29) is 23.7 Å². The molecule has 0 N–H and O–H groups in total. The molecule has 3 heteroatoms. The third-order valence-corrected chi connectivity index (χ3v) is 6.95. The quantitative estimate of drug-likeness (QED) is 0.779. The molecule has 4 aliphatic rings. The van der Waals surface area contributed by atoms with Crippen molar-refractivity contribution in [2.24, 2.45) is 11.3 Å². The van der Waals surface area contributed by atoms with E-state index in [1.807, 2.05) is 0 Å². The molecule has 5 rings (SSSR count). The van der Waals surface area contributed by atoms with E-state index in [9.17, 15) is 0 Å². The van der Waals surface area contributed by atoms with Crippen LogP contribution in [0.5, 0.6) is 0 Å². The monoisotopic (exact) mass is 298 g/mol. The Balaban J connectivity index is 1.57. The van der Waals surface area contributed by atoms with Gasteiger partial charge in [0.05, 0.1) is 11.2 Å². The SMILES string of the molecule is CCc1cccc(CB2OC3(C)CCC4CC3(O2)C4(C)C)c1. The fraction of sp³-hybridized carbons (Fsp3) is 0.684. The number of hydrogen-bond donors (Lipinski definition) is 0. The Kier molecular flexibility index (Phi) is 3.10. The van der Waals surface area contributed by atoms with Crippen molar-refractivity contribution >= 4 is 7.12 Å². The van der Waals surface area contributed by atoms with Crippen molar-refractivity contribution in [1.29, 1.82) is 0 Å². The van der Waals surface area contributed by atoms with Crippen LogP contribution in [-0.4, -0.2) is 18.3 Å². The fourth-order valence-corrected chi connectivity index (χ4v) is 5.35. The highest BCUT2D eigenvalue weighted by Gasteiger charge is 2.75. The Morgan fingerprint density at radius 1 is 1.18 bits per heavy atom. The molecule has 0 aromatic heterocycles. The van der Waals surface area contributed by atoms with Crippen molar-refractivity contribution < 1.29 is 9.31 Å². The van der Waals surface area contributed by atoms with Crippen molar-refractivity contribution in [2.45, 2.75) is 70.9 Å². The lowest BCUT2D eigenvalue weighted by Gasteiger charge is -2.69. The summed E-state index contributed by atoms with van der Waals surface area (Å²) in [6, 6.07) is 8.84. The first kappa shape index (κ1) is 14.8. The molecule has 4 fully saturated rings. The summed E-state index contributed by atoms with van der Waals surface area (Å²) in [5, 5.41) is 0. The molecule has 1 aliphatic heterocycles. The molecule has 118 valence electrons. The zero-order chi connectivity index (χ0) is 15.6. The number of benzene rings is 1. The smallest absolute Gasteiger partial charge is 0.403 e. The molecule has 0 radical (unpaired) electrons. The molecular weight excluding hydrogens is 271 g/mol. The van der Waals surface area contributed by atoms with Crippen LogP contribution in [-0.2, 0) is 22.0 Å². The van der Waals surface area contributed by atoms with Gasteiger partial charge in [0.2, 0.25) is 0 Å². The summed E-state index contributed by atoms with van der Waals surface area (Å²) in [7, 11) is -0.0876. The molecular formula is C19H27BO2. The molecule has 2 bridgehead atoms. The van der Waals surface area contributed by atoms with Crippen LogP contribution in [0.2, 0.25) is 0 Å². The van der Waals surface area contributed by atoms with Gasteiger partial charge in [-0.15, -0.1) is 0 Å². The van der Waals surface area contributed by atoms with Gasteiger partial charge in [-0.3, -0.25) is 0 Å². The van der Waals surface area contributed by atoms with Crippen molar-refractivity contribution in [3.63, 3.8) is 0 Å². The first-order valence-corrected chi connectivity index (χ1v) is 8.84. The number of hydrogen-bond acceptors (Lipinski definition) is 2. The molecule has 1 aromatic carbocycles. The largest absolute Gasteiger partial charge is 0.462 e. The number of aryl methyl sites for hydroxylation is 1. The van der Waals surface area contributed by atoms with Gasteiger partial charge in [-0.2, -0.15) is 0 Å². The lowest BCUT2D eigenvalue weighted by molar-refractivity contribution is -0.257. The van der Waals surface area contributed by atoms with Gasteiger partial charge in [0, 0.05) is 6.32 Å². The van der Waals surface area contributed by atoms with E-state index in [1.165, 1.54) is 24.0 Å². The first-order valence-electron chi connectivity index (χ1n) is 8.84. The fourth-order valence-electron chi connectivity index (χ4n) is 5.35. The zero-order valence-electron chi connectivity index (χ0n) is 14.3. The van der Waals surface area contributed by atoms with Crippen molar-refractivity contribution in [1.82, 2.24) is 0 Å². The van der Waals surface area contributed by atoms with Crippen LogP contribution in [0.15, 0.2) is 24.3 Å². The minimum atomic E-state index is -0.0989. The van der Waals surface area contributed by atoms with Gasteiger partial charge in [-0.1, -0.05) is 45.0 Å². The third kappa shape index (κ3) is 1.76. The van der Waals surface area contributed by atoms with Crippen molar-refractivity contribution in [3.8, 4) is 0 Å². The third-order valence-electron chi connectivity index (χ3n) is 6.95. The van der Waals surface area contributed by atoms with Crippen molar-refractivity contribution in [2.75, 3.05) is 0 Å². The molecule has 3 saturated carbocycles. The molecule has 1 aromatic rings. The Morgan fingerprint density at radius 2 is 1.95 bits per heavy atom. The van der Waals surface area contributed by atoms with E-state index in [1.54, 1.807) is 0 Å². The van der Waals surface area contributed by atoms with Crippen LogP contribution >= 0.6 is 0 Å². The average molecular weight is 298 g/mol. The Hall–Kier alpha value is -0.795. The summed E-state index contributed by atoms with van der Waals surface area (Å²) in [6.45, 7) is 9.24. The van der Waals surface area contributed by atoms with Crippen LogP contribution in [0.25, 0.3) is 0 Å². The van der Waals surface area contributed by atoms with Gasteiger partial charge in [0.25, 0.3) is 0 Å². The summed E-state index contributed by atoms with van der Waals surface area (Å²) in [4.78, 5) is 0. The minimum absolute atomic E-state index is 0.0596. The summed E-state index contributed by atoms with van der Waals surface area (Å²) in [5.74, 6) is 0.811. The highest BCUT2D eigenvalue weighted by molar-refractivity contribution is 6.45. The summed E-state index contributed by atoms with van der Waals surface area (Å²) in [5.41, 5.74) is 2.81.